The zero-order chi connectivity index (χ0) is 16.3. The minimum Gasteiger partial charge on any atom is -0.508 e. The van der Waals surface area contributed by atoms with Crippen molar-refractivity contribution in [2.45, 2.75) is 18.4 Å². The minimum atomic E-state index is -3.70. The van der Waals surface area contributed by atoms with Gasteiger partial charge in [0.1, 0.15) is 5.75 Å². The van der Waals surface area contributed by atoms with Gasteiger partial charge in [-0.2, -0.15) is 0 Å². The van der Waals surface area contributed by atoms with Gasteiger partial charge in [0, 0.05) is 6.54 Å². The number of aromatic carboxylic acids is 1. The zero-order valence-electron chi connectivity index (χ0n) is 11.8. The van der Waals surface area contributed by atoms with Gasteiger partial charge in [0.25, 0.3) is 0 Å². The predicted molar refractivity (Wildman–Crippen MR) is 80.3 cm³/mol. The number of carboxylic acid groups (broad SMARTS) is 1. The molecule has 2 rings (SSSR count). The molecule has 0 bridgehead atoms. The van der Waals surface area contributed by atoms with Gasteiger partial charge in [0.2, 0.25) is 10.0 Å². The maximum atomic E-state index is 12.2. The molecule has 6 nitrogen and oxygen atoms in total. The molecule has 0 unspecified atom stereocenters. The van der Waals surface area contributed by atoms with Crippen molar-refractivity contribution in [3.63, 3.8) is 0 Å². The Balaban J connectivity index is 2.12. The van der Waals surface area contributed by atoms with E-state index in [0.29, 0.717) is 11.1 Å². The number of carbonyl (C=O) groups is 1. The van der Waals surface area contributed by atoms with Gasteiger partial charge in [-0.3, -0.25) is 0 Å². The van der Waals surface area contributed by atoms with Crippen LogP contribution >= 0.6 is 0 Å². The van der Waals surface area contributed by atoms with Gasteiger partial charge in [-0.05, 0) is 48.4 Å². The standard InChI is InChI=1S/C15H15NO5S/c1-10-8-13(6-7-14(10)17)22(20,21)16-9-11-2-4-12(5-3-11)15(18)19/h2-8,16-17H,9H2,1H3,(H,18,19). The minimum absolute atomic E-state index is 0.0307. The molecule has 0 aliphatic heterocycles. The number of phenolic OH excluding ortho intramolecular Hbond substituents is 1. The van der Waals surface area contributed by atoms with Crippen molar-refractivity contribution < 1.29 is 23.4 Å². The molecular formula is C15H15NO5S. The molecule has 22 heavy (non-hydrogen) atoms. The molecule has 0 heterocycles. The third kappa shape index (κ3) is 3.63. The third-order valence-corrected chi connectivity index (χ3v) is 4.54. The van der Waals surface area contributed by atoms with Crippen molar-refractivity contribution in [2.24, 2.45) is 0 Å². The second-order valence-corrected chi connectivity index (χ2v) is 6.54. The second kappa shape index (κ2) is 6.17. The Morgan fingerprint density at radius 1 is 1.14 bits per heavy atom. The number of carboxylic acids is 1. The Morgan fingerprint density at radius 2 is 1.77 bits per heavy atom. The predicted octanol–water partition coefficient (Wildman–Crippen LogP) is 1.88. The first kappa shape index (κ1) is 16.0. The van der Waals surface area contributed by atoms with Crippen LogP contribution in [0.3, 0.4) is 0 Å². The number of hydrogen-bond donors (Lipinski definition) is 3. The number of benzene rings is 2. The summed E-state index contributed by atoms with van der Waals surface area (Å²) in [6.45, 7) is 1.65. The van der Waals surface area contributed by atoms with Gasteiger partial charge in [-0.25, -0.2) is 17.9 Å². The molecule has 2 aromatic carbocycles. The van der Waals surface area contributed by atoms with Crippen LogP contribution in [0.1, 0.15) is 21.5 Å². The number of aromatic hydroxyl groups is 1. The number of phenols is 1. The van der Waals surface area contributed by atoms with E-state index in [9.17, 15) is 18.3 Å². The van der Waals surface area contributed by atoms with Gasteiger partial charge in [-0.15, -0.1) is 0 Å². The Labute approximate surface area is 128 Å². The van der Waals surface area contributed by atoms with Crippen LogP contribution in [0.25, 0.3) is 0 Å². The van der Waals surface area contributed by atoms with Crippen molar-refractivity contribution in [3.8, 4) is 5.75 Å². The average Bonchev–Trinajstić information content (AvgIpc) is 2.48. The van der Waals surface area contributed by atoms with Crippen molar-refractivity contribution in [3.05, 3.63) is 59.2 Å². The van der Waals surface area contributed by atoms with Crippen molar-refractivity contribution in [1.29, 1.82) is 0 Å². The van der Waals surface area contributed by atoms with Crippen LogP contribution in [-0.4, -0.2) is 24.6 Å². The quantitative estimate of drug-likeness (QED) is 0.780. The summed E-state index contributed by atoms with van der Waals surface area (Å²) in [6, 6.07) is 9.95. The van der Waals surface area contributed by atoms with Gasteiger partial charge in [0.05, 0.1) is 10.5 Å². The summed E-state index contributed by atoms with van der Waals surface area (Å²) < 4.78 is 26.7. The Hall–Kier alpha value is -2.38. The van der Waals surface area contributed by atoms with Crippen LogP contribution in [-0.2, 0) is 16.6 Å². The van der Waals surface area contributed by atoms with Crippen LogP contribution in [0.2, 0.25) is 0 Å². The summed E-state index contributed by atoms with van der Waals surface area (Å²) in [5.74, 6) is -1.00. The first-order valence-electron chi connectivity index (χ1n) is 6.41. The van der Waals surface area contributed by atoms with Crippen LogP contribution in [0.15, 0.2) is 47.4 Å². The highest BCUT2D eigenvalue weighted by Crippen LogP contribution is 2.20. The summed E-state index contributed by atoms with van der Waals surface area (Å²) in [4.78, 5) is 10.8. The molecule has 0 spiro atoms. The van der Waals surface area contributed by atoms with E-state index in [1.807, 2.05) is 0 Å². The lowest BCUT2D eigenvalue weighted by atomic mass is 10.1. The summed E-state index contributed by atoms with van der Waals surface area (Å²) in [5.41, 5.74) is 1.25. The maximum Gasteiger partial charge on any atom is 0.335 e. The molecule has 0 fully saturated rings. The topological polar surface area (TPSA) is 104 Å². The van der Waals surface area contributed by atoms with Crippen LogP contribution in [0.4, 0.5) is 0 Å². The van der Waals surface area contributed by atoms with Gasteiger partial charge >= 0.3 is 5.97 Å². The number of hydrogen-bond acceptors (Lipinski definition) is 4. The van der Waals surface area contributed by atoms with Gasteiger partial charge in [-0.1, -0.05) is 12.1 Å². The lowest BCUT2D eigenvalue weighted by Gasteiger charge is -2.08. The molecule has 0 aliphatic rings. The summed E-state index contributed by atoms with van der Waals surface area (Å²) >= 11 is 0. The van der Waals surface area contributed by atoms with E-state index in [-0.39, 0.29) is 22.8 Å². The molecule has 0 atom stereocenters. The normalized spacial score (nSPS) is 11.3. The number of rotatable bonds is 5. The van der Waals surface area contributed by atoms with Crippen molar-refractivity contribution >= 4 is 16.0 Å². The third-order valence-electron chi connectivity index (χ3n) is 3.15. The highest BCUT2D eigenvalue weighted by atomic mass is 32.2. The molecular weight excluding hydrogens is 306 g/mol. The van der Waals surface area contributed by atoms with E-state index in [4.69, 9.17) is 5.11 Å². The fourth-order valence-electron chi connectivity index (χ4n) is 1.82. The molecule has 0 radical (unpaired) electrons. The molecule has 3 N–H and O–H groups in total. The fraction of sp³-hybridized carbons (Fsp3) is 0.133. The highest BCUT2D eigenvalue weighted by molar-refractivity contribution is 7.89. The zero-order valence-corrected chi connectivity index (χ0v) is 12.6. The van der Waals surface area contributed by atoms with E-state index in [1.54, 1.807) is 19.1 Å². The Morgan fingerprint density at radius 3 is 2.32 bits per heavy atom. The fourth-order valence-corrected chi connectivity index (χ4v) is 2.92. The van der Waals surface area contributed by atoms with E-state index in [1.165, 1.54) is 30.3 Å². The first-order valence-corrected chi connectivity index (χ1v) is 7.89. The molecule has 7 heteroatoms. The average molecular weight is 321 g/mol. The first-order chi connectivity index (χ1) is 10.3. The van der Waals surface area contributed by atoms with Gasteiger partial charge in [0.15, 0.2) is 0 Å². The van der Waals surface area contributed by atoms with Crippen LogP contribution in [0.5, 0.6) is 5.75 Å². The molecule has 116 valence electrons. The van der Waals surface area contributed by atoms with E-state index < -0.39 is 16.0 Å². The number of nitrogens with one attached hydrogen (secondary N) is 1. The van der Waals surface area contributed by atoms with E-state index >= 15 is 0 Å². The molecule has 0 saturated carbocycles. The van der Waals surface area contributed by atoms with E-state index in [0.717, 1.165) is 0 Å². The van der Waals surface area contributed by atoms with Crippen LogP contribution < -0.4 is 4.72 Å². The molecule has 0 saturated heterocycles. The summed E-state index contributed by atoms with van der Waals surface area (Å²) in [6.07, 6.45) is 0. The monoisotopic (exact) mass is 321 g/mol. The SMILES string of the molecule is Cc1cc(S(=O)(=O)NCc2ccc(C(=O)O)cc2)ccc1O. The molecule has 0 aromatic heterocycles. The van der Waals surface area contributed by atoms with E-state index in [2.05, 4.69) is 4.72 Å². The lowest BCUT2D eigenvalue weighted by molar-refractivity contribution is 0.0697. The van der Waals surface area contributed by atoms with Crippen molar-refractivity contribution in [2.75, 3.05) is 0 Å². The molecule has 2 aromatic rings. The van der Waals surface area contributed by atoms with Gasteiger partial charge < -0.3 is 10.2 Å². The van der Waals surface area contributed by atoms with Crippen LogP contribution in [0, 0.1) is 6.92 Å². The molecule has 0 aliphatic carbocycles. The number of sulfonamides is 1. The number of aryl methyl sites for hydroxylation is 1. The highest BCUT2D eigenvalue weighted by Gasteiger charge is 2.15. The summed E-state index contributed by atoms with van der Waals surface area (Å²) in [7, 11) is -3.70. The Kier molecular flexibility index (Phi) is 4.48. The second-order valence-electron chi connectivity index (χ2n) is 4.77. The molecule has 0 amide bonds. The smallest absolute Gasteiger partial charge is 0.335 e. The lowest BCUT2D eigenvalue weighted by Crippen LogP contribution is -2.23. The summed E-state index contributed by atoms with van der Waals surface area (Å²) in [5, 5.41) is 18.2. The Bertz CT molecular complexity index is 797. The van der Waals surface area contributed by atoms with Crippen molar-refractivity contribution in [1.82, 2.24) is 4.72 Å². The maximum absolute atomic E-state index is 12.2. The largest absolute Gasteiger partial charge is 0.508 e.